The summed E-state index contributed by atoms with van der Waals surface area (Å²) in [4.78, 5) is 11.9. The first-order valence-electron chi connectivity index (χ1n) is 8.71. The second-order valence-electron chi connectivity index (χ2n) is 6.27. The average molecular weight is 341 g/mol. The van der Waals surface area contributed by atoms with Crippen molar-refractivity contribution >= 4 is 5.91 Å². The van der Waals surface area contributed by atoms with Crippen LogP contribution in [-0.2, 0) is 11.2 Å². The van der Waals surface area contributed by atoms with Crippen molar-refractivity contribution in [3.63, 3.8) is 0 Å². The quantitative estimate of drug-likeness (QED) is 0.751. The van der Waals surface area contributed by atoms with Gasteiger partial charge in [0.2, 0.25) is 5.91 Å². The number of methoxy groups -OCH3 is 1. The third-order valence-electron chi connectivity index (χ3n) is 4.04. The van der Waals surface area contributed by atoms with Gasteiger partial charge in [0, 0.05) is 6.54 Å². The normalized spacial score (nSPS) is 10.6. The average Bonchev–Trinajstić information content (AvgIpc) is 2.63. The van der Waals surface area contributed by atoms with Gasteiger partial charge in [-0.3, -0.25) is 4.79 Å². The van der Waals surface area contributed by atoms with Gasteiger partial charge < -0.3 is 14.8 Å². The van der Waals surface area contributed by atoms with Gasteiger partial charge in [0.1, 0.15) is 11.5 Å². The molecule has 4 heteroatoms. The number of benzene rings is 2. The molecular weight excluding hydrogens is 314 g/mol. The number of amides is 1. The molecule has 0 aromatic heterocycles. The summed E-state index contributed by atoms with van der Waals surface area (Å²) >= 11 is 0. The van der Waals surface area contributed by atoms with Crippen LogP contribution in [0.2, 0.25) is 0 Å². The number of ether oxygens (including phenoxy) is 2. The van der Waals surface area contributed by atoms with E-state index in [1.807, 2.05) is 24.3 Å². The van der Waals surface area contributed by atoms with E-state index in [9.17, 15) is 4.79 Å². The van der Waals surface area contributed by atoms with Gasteiger partial charge in [0.25, 0.3) is 0 Å². The summed E-state index contributed by atoms with van der Waals surface area (Å²) in [6.45, 7) is 5.37. The summed E-state index contributed by atoms with van der Waals surface area (Å²) < 4.78 is 10.7. The maximum absolute atomic E-state index is 11.9. The smallest absolute Gasteiger partial charge is 0.223 e. The van der Waals surface area contributed by atoms with Crippen LogP contribution in [0.4, 0.5) is 0 Å². The van der Waals surface area contributed by atoms with Gasteiger partial charge in [-0.25, -0.2) is 0 Å². The summed E-state index contributed by atoms with van der Waals surface area (Å²) in [5.41, 5.74) is 2.57. The molecule has 4 nitrogen and oxygen atoms in total. The van der Waals surface area contributed by atoms with Gasteiger partial charge in [-0.15, -0.1) is 0 Å². The molecule has 2 rings (SSSR count). The molecule has 2 aromatic carbocycles. The Morgan fingerprint density at radius 1 is 1.00 bits per heavy atom. The molecule has 0 aliphatic rings. The number of hydrogen-bond donors (Lipinski definition) is 1. The van der Waals surface area contributed by atoms with Crippen molar-refractivity contribution in [2.75, 3.05) is 20.3 Å². The van der Waals surface area contributed by atoms with Crippen LogP contribution in [0.5, 0.6) is 11.5 Å². The first-order chi connectivity index (χ1) is 12.1. The van der Waals surface area contributed by atoms with Crippen LogP contribution >= 0.6 is 0 Å². The Morgan fingerprint density at radius 2 is 1.64 bits per heavy atom. The first kappa shape index (κ1) is 18.8. The van der Waals surface area contributed by atoms with Gasteiger partial charge >= 0.3 is 0 Å². The minimum absolute atomic E-state index is 0.00677. The molecule has 0 unspecified atom stereocenters. The number of carbonyl (C=O) groups excluding carboxylic acids is 1. The van der Waals surface area contributed by atoms with E-state index < -0.39 is 0 Å². The van der Waals surface area contributed by atoms with E-state index in [1.165, 1.54) is 11.1 Å². The summed E-state index contributed by atoms with van der Waals surface area (Å²) in [5.74, 6) is 2.07. The zero-order valence-corrected chi connectivity index (χ0v) is 15.2. The molecule has 1 N–H and O–H groups in total. The monoisotopic (exact) mass is 341 g/mol. The van der Waals surface area contributed by atoms with Crippen molar-refractivity contribution in [1.29, 1.82) is 0 Å². The molecular formula is C21H27NO3. The van der Waals surface area contributed by atoms with Crippen LogP contribution in [0.15, 0.2) is 48.5 Å². The highest BCUT2D eigenvalue weighted by atomic mass is 16.5. The molecule has 0 bridgehead atoms. The molecule has 0 heterocycles. The number of rotatable bonds is 9. The highest BCUT2D eigenvalue weighted by Crippen LogP contribution is 2.17. The fraction of sp³-hybridized carbons (Fsp3) is 0.381. The second kappa shape index (κ2) is 9.72. The topological polar surface area (TPSA) is 47.6 Å². The van der Waals surface area contributed by atoms with E-state index in [-0.39, 0.29) is 5.91 Å². The van der Waals surface area contributed by atoms with Crippen LogP contribution in [0.3, 0.4) is 0 Å². The Kier molecular flexibility index (Phi) is 7.33. The first-order valence-corrected chi connectivity index (χ1v) is 8.71. The molecule has 0 atom stereocenters. The molecule has 0 aliphatic carbocycles. The van der Waals surface area contributed by atoms with E-state index in [0.717, 1.165) is 17.9 Å². The molecule has 0 fully saturated rings. The zero-order chi connectivity index (χ0) is 18.1. The largest absolute Gasteiger partial charge is 0.497 e. The Hall–Kier alpha value is -2.49. The Morgan fingerprint density at radius 3 is 2.24 bits per heavy atom. The number of hydrogen-bond acceptors (Lipinski definition) is 3. The van der Waals surface area contributed by atoms with Crippen LogP contribution in [0.1, 0.15) is 37.3 Å². The van der Waals surface area contributed by atoms with Crippen molar-refractivity contribution in [1.82, 2.24) is 5.32 Å². The van der Waals surface area contributed by atoms with Crippen molar-refractivity contribution in [3.8, 4) is 11.5 Å². The fourth-order valence-electron chi connectivity index (χ4n) is 2.44. The number of nitrogens with one attached hydrogen (secondary N) is 1. The van der Waals surface area contributed by atoms with Crippen molar-refractivity contribution in [3.05, 3.63) is 59.7 Å². The molecule has 0 aliphatic heterocycles. The van der Waals surface area contributed by atoms with Crippen LogP contribution in [0, 0.1) is 0 Å². The Bertz CT molecular complexity index is 648. The maximum atomic E-state index is 11.9. The van der Waals surface area contributed by atoms with Gasteiger partial charge in [-0.05, 0) is 47.7 Å². The van der Waals surface area contributed by atoms with E-state index in [1.54, 1.807) is 7.11 Å². The third-order valence-corrected chi connectivity index (χ3v) is 4.04. The lowest BCUT2D eigenvalue weighted by Crippen LogP contribution is -2.27. The van der Waals surface area contributed by atoms with Gasteiger partial charge in [-0.1, -0.05) is 38.1 Å². The minimum atomic E-state index is 0.00677. The molecule has 2 aromatic rings. The summed E-state index contributed by atoms with van der Waals surface area (Å²) in [6.07, 6.45) is 1.18. The van der Waals surface area contributed by atoms with Crippen LogP contribution in [-0.4, -0.2) is 26.2 Å². The summed E-state index contributed by atoms with van der Waals surface area (Å²) in [5, 5.41) is 2.93. The Balaban J connectivity index is 1.63. The molecule has 0 saturated heterocycles. The Labute approximate surface area is 150 Å². The van der Waals surface area contributed by atoms with Gasteiger partial charge in [0.05, 0.1) is 20.1 Å². The van der Waals surface area contributed by atoms with E-state index in [0.29, 0.717) is 25.5 Å². The van der Waals surface area contributed by atoms with Crippen LogP contribution < -0.4 is 14.8 Å². The predicted molar refractivity (Wildman–Crippen MR) is 100 cm³/mol. The highest BCUT2D eigenvalue weighted by molar-refractivity contribution is 5.75. The maximum Gasteiger partial charge on any atom is 0.223 e. The van der Waals surface area contributed by atoms with E-state index in [4.69, 9.17) is 9.47 Å². The predicted octanol–water partition coefficient (Wildman–Crippen LogP) is 3.95. The summed E-state index contributed by atoms with van der Waals surface area (Å²) in [7, 11) is 1.62. The van der Waals surface area contributed by atoms with Gasteiger partial charge in [-0.2, -0.15) is 0 Å². The van der Waals surface area contributed by atoms with Crippen molar-refractivity contribution in [2.45, 2.75) is 32.6 Å². The lowest BCUT2D eigenvalue weighted by Gasteiger charge is -2.09. The summed E-state index contributed by atoms with van der Waals surface area (Å²) in [6, 6.07) is 15.9. The zero-order valence-electron chi connectivity index (χ0n) is 15.2. The molecule has 0 radical (unpaired) electrons. The third kappa shape index (κ3) is 6.49. The van der Waals surface area contributed by atoms with E-state index in [2.05, 4.69) is 43.4 Å². The molecule has 25 heavy (non-hydrogen) atoms. The van der Waals surface area contributed by atoms with Crippen LogP contribution in [0.25, 0.3) is 0 Å². The van der Waals surface area contributed by atoms with Crippen molar-refractivity contribution in [2.24, 2.45) is 0 Å². The molecule has 0 spiro atoms. The highest BCUT2D eigenvalue weighted by Gasteiger charge is 2.03. The number of carbonyl (C=O) groups is 1. The second-order valence-corrected chi connectivity index (χ2v) is 6.27. The lowest BCUT2D eigenvalue weighted by atomic mass is 10.0. The SMILES string of the molecule is COc1ccc(OCCC(=O)NCCc2ccc(C(C)C)cc2)cc1. The minimum Gasteiger partial charge on any atom is -0.497 e. The van der Waals surface area contributed by atoms with Crippen molar-refractivity contribution < 1.29 is 14.3 Å². The molecule has 0 saturated carbocycles. The molecule has 1 amide bonds. The van der Waals surface area contributed by atoms with Gasteiger partial charge in [0.15, 0.2) is 0 Å². The molecule has 134 valence electrons. The standard InChI is InChI=1S/C21H27NO3/c1-16(2)18-6-4-17(5-7-18)12-14-22-21(23)13-15-25-20-10-8-19(24-3)9-11-20/h4-11,16H,12-15H2,1-3H3,(H,22,23). The van der Waals surface area contributed by atoms with E-state index >= 15 is 0 Å². The lowest BCUT2D eigenvalue weighted by molar-refractivity contribution is -0.121. The fourth-order valence-corrected chi connectivity index (χ4v) is 2.44.